The molecule has 2 heterocycles. The molecular formula is C52H33NOS. The van der Waals surface area contributed by atoms with Crippen molar-refractivity contribution >= 4 is 81.3 Å². The first-order chi connectivity index (χ1) is 27.3. The fraction of sp³-hybridized carbons (Fsp3) is 0. The van der Waals surface area contributed by atoms with E-state index in [2.05, 4.69) is 199 Å². The van der Waals surface area contributed by atoms with Crippen LogP contribution in [0.1, 0.15) is 0 Å². The van der Waals surface area contributed by atoms with Crippen LogP contribution in [0, 0.1) is 0 Å². The van der Waals surface area contributed by atoms with Gasteiger partial charge >= 0.3 is 0 Å². The Morgan fingerprint density at radius 3 is 1.62 bits per heavy atom. The van der Waals surface area contributed by atoms with Crippen molar-refractivity contribution in [1.29, 1.82) is 0 Å². The summed E-state index contributed by atoms with van der Waals surface area (Å²) in [7, 11) is 0. The van der Waals surface area contributed by atoms with E-state index in [1.807, 2.05) is 17.4 Å². The number of furan rings is 1. The van der Waals surface area contributed by atoms with Gasteiger partial charge in [0, 0.05) is 42.1 Å². The molecule has 2 aromatic heterocycles. The number of para-hydroxylation sites is 3. The zero-order chi connectivity index (χ0) is 36.3. The zero-order valence-corrected chi connectivity index (χ0v) is 30.6. The lowest BCUT2D eigenvalue weighted by molar-refractivity contribution is 0.669. The van der Waals surface area contributed by atoms with Crippen LogP contribution in [-0.2, 0) is 0 Å². The lowest BCUT2D eigenvalue weighted by Gasteiger charge is -2.31. The highest BCUT2D eigenvalue weighted by atomic mass is 32.1. The Bertz CT molecular complexity index is 3240. The van der Waals surface area contributed by atoms with E-state index in [-0.39, 0.29) is 0 Å². The molecule has 0 N–H and O–H groups in total. The summed E-state index contributed by atoms with van der Waals surface area (Å²) in [6.45, 7) is 0. The number of rotatable bonds is 6. The lowest BCUT2D eigenvalue weighted by Crippen LogP contribution is -2.13. The minimum absolute atomic E-state index is 0.885. The van der Waals surface area contributed by atoms with E-state index < -0.39 is 0 Å². The van der Waals surface area contributed by atoms with Crippen molar-refractivity contribution in [2.75, 3.05) is 4.90 Å². The maximum Gasteiger partial charge on any atom is 0.136 e. The van der Waals surface area contributed by atoms with E-state index in [0.717, 1.165) is 55.7 Å². The summed E-state index contributed by atoms with van der Waals surface area (Å²) in [4.78, 5) is 2.51. The smallest absolute Gasteiger partial charge is 0.136 e. The summed E-state index contributed by atoms with van der Waals surface area (Å²) in [5, 5.41) is 7.23. The second-order valence-corrected chi connectivity index (χ2v) is 15.1. The molecule has 0 radical (unpaired) electrons. The number of hydrogen-bond acceptors (Lipinski definition) is 3. The van der Waals surface area contributed by atoms with Crippen LogP contribution in [0.4, 0.5) is 17.1 Å². The van der Waals surface area contributed by atoms with Crippen molar-refractivity contribution in [3.63, 3.8) is 0 Å². The Labute approximate surface area is 322 Å². The van der Waals surface area contributed by atoms with Gasteiger partial charge in [0.1, 0.15) is 11.2 Å². The molecule has 11 aromatic rings. The Morgan fingerprint density at radius 2 is 0.800 bits per heavy atom. The van der Waals surface area contributed by atoms with Gasteiger partial charge in [-0.2, -0.15) is 0 Å². The maximum absolute atomic E-state index is 6.43. The summed E-state index contributed by atoms with van der Waals surface area (Å²) in [6, 6.07) is 72.3. The van der Waals surface area contributed by atoms with Crippen LogP contribution in [0.15, 0.2) is 205 Å². The quantitative estimate of drug-likeness (QED) is 0.170. The number of nitrogens with zero attached hydrogens (tertiary/aromatic N) is 1. The van der Waals surface area contributed by atoms with Crippen molar-refractivity contribution in [3.05, 3.63) is 200 Å². The number of anilines is 3. The van der Waals surface area contributed by atoms with Gasteiger partial charge in [0.05, 0.1) is 17.1 Å². The standard InChI is InChI=1S/C52H33NOS/c1-2-18-35-34(16-1)17-13-25-36(35)37-19-3-4-20-38(37)39-21-5-9-27-44(39)53(46-29-15-33-50-52(46)43-24-8-12-32-49(43)55-50)45-28-10-6-22-40(45)41-26-14-31-48-51(41)42-23-7-11-30-47(42)54-48/h1-33H. The number of fused-ring (bicyclic) bond motifs is 7. The van der Waals surface area contributed by atoms with Crippen molar-refractivity contribution < 1.29 is 4.42 Å². The largest absolute Gasteiger partial charge is 0.456 e. The third-order valence-electron chi connectivity index (χ3n) is 10.9. The van der Waals surface area contributed by atoms with Crippen LogP contribution >= 0.6 is 11.3 Å². The average Bonchev–Trinajstić information content (AvgIpc) is 3.83. The molecular weight excluding hydrogens is 687 g/mol. The van der Waals surface area contributed by atoms with Gasteiger partial charge in [-0.05, 0) is 75.5 Å². The Kier molecular flexibility index (Phi) is 7.39. The van der Waals surface area contributed by atoms with E-state index in [1.54, 1.807) is 0 Å². The van der Waals surface area contributed by atoms with E-state index in [0.29, 0.717) is 0 Å². The van der Waals surface area contributed by atoms with Gasteiger partial charge in [-0.3, -0.25) is 0 Å². The highest BCUT2D eigenvalue weighted by molar-refractivity contribution is 7.26. The fourth-order valence-electron chi connectivity index (χ4n) is 8.54. The summed E-state index contributed by atoms with van der Waals surface area (Å²) in [5.41, 5.74) is 12.2. The van der Waals surface area contributed by atoms with Crippen LogP contribution in [0.5, 0.6) is 0 Å². The van der Waals surface area contributed by atoms with Crippen molar-refractivity contribution in [2.24, 2.45) is 0 Å². The fourth-order valence-corrected chi connectivity index (χ4v) is 9.66. The van der Waals surface area contributed by atoms with Gasteiger partial charge in [-0.15, -0.1) is 11.3 Å². The molecule has 0 fully saturated rings. The molecule has 258 valence electrons. The predicted octanol–water partition coefficient (Wildman–Crippen LogP) is 15.6. The van der Waals surface area contributed by atoms with Gasteiger partial charge in [0.15, 0.2) is 0 Å². The molecule has 0 aliphatic heterocycles. The first kappa shape index (κ1) is 31.6. The molecule has 0 aliphatic rings. The van der Waals surface area contributed by atoms with Gasteiger partial charge < -0.3 is 9.32 Å². The highest BCUT2D eigenvalue weighted by Gasteiger charge is 2.25. The molecule has 0 saturated carbocycles. The molecule has 0 unspecified atom stereocenters. The summed E-state index contributed by atoms with van der Waals surface area (Å²) in [5.74, 6) is 0. The van der Waals surface area contributed by atoms with E-state index in [1.165, 1.54) is 47.6 Å². The van der Waals surface area contributed by atoms with Gasteiger partial charge in [-0.25, -0.2) is 0 Å². The van der Waals surface area contributed by atoms with Crippen LogP contribution in [0.25, 0.3) is 86.3 Å². The third kappa shape index (κ3) is 5.09. The van der Waals surface area contributed by atoms with Crippen molar-refractivity contribution in [2.45, 2.75) is 0 Å². The Hall–Kier alpha value is -6.94. The SMILES string of the molecule is c1ccc(-c2cccc3ccccc23)c(-c2ccccc2N(c2ccccc2-c2cccc3oc4ccccc4c23)c2cccc3sc4ccccc4c23)c1. The van der Waals surface area contributed by atoms with Crippen LogP contribution in [-0.4, -0.2) is 0 Å². The molecule has 55 heavy (non-hydrogen) atoms. The molecule has 11 rings (SSSR count). The molecule has 3 heteroatoms. The lowest BCUT2D eigenvalue weighted by atomic mass is 9.90. The Morgan fingerprint density at radius 1 is 0.309 bits per heavy atom. The highest BCUT2D eigenvalue weighted by Crippen LogP contribution is 2.51. The van der Waals surface area contributed by atoms with Gasteiger partial charge in [-0.1, -0.05) is 158 Å². The molecule has 0 atom stereocenters. The first-order valence-electron chi connectivity index (χ1n) is 18.7. The van der Waals surface area contributed by atoms with Crippen LogP contribution < -0.4 is 4.90 Å². The third-order valence-corrected chi connectivity index (χ3v) is 12.0. The van der Waals surface area contributed by atoms with Crippen LogP contribution in [0.2, 0.25) is 0 Å². The molecule has 0 bridgehead atoms. The van der Waals surface area contributed by atoms with E-state index in [4.69, 9.17) is 4.42 Å². The van der Waals surface area contributed by atoms with Crippen molar-refractivity contribution in [1.82, 2.24) is 0 Å². The van der Waals surface area contributed by atoms with Gasteiger partial charge in [0.25, 0.3) is 0 Å². The monoisotopic (exact) mass is 719 g/mol. The minimum Gasteiger partial charge on any atom is -0.456 e. The molecule has 2 nitrogen and oxygen atoms in total. The zero-order valence-electron chi connectivity index (χ0n) is 29.8. The first-order valence-corrected chi connectivity index (χ1v) is 19.5. The normalized spacial score (nSPS) is 11.6. The van der Waals surface area contributed by atoms with Gasteiger partial charge in [0.2, 0.25) is 0 Å². The molecule has 0 spiro atoms. The number of hydrogen-bond donors (Lipinski definition) is 0. The topological polar surface area (TPSA) is 16.4 Å². The second kappa shape index (κ2) is 12.9. The predicted molar refractivity (Wildman–Crippen MR) is 235 cm³/mol. The van der Waals surface area contributed by atoms with Crippen molar-refractivity contribution in [3.8, 4) is 33.4 Å². The van der Waals surface area contributed by atoms with Crippen LogP contribution in [0.3, 0.4) is 0 Å². The number of benzene rings is 9. The average molecular weight is 720 g/mol. The summed E-state index contributed by atoms with van der Waals surface area (Å²) >= 11 is 1.85. The summed E-state index contributed by atoms with van der Waals surface area (Å²) in [6.07, 6.45) is 0. The molecule has 0 saturated heterocycles. The van der Waals surface area contributed by atoms with E-state index >= 15 is 0 Å². The second-order valence-electron chi connectivity index (χ2n) is 14.0. The van der Waals surface area contributed by atoms with E-state index in [9.17, 15) is 0 Å². The molecule has 9 aromatic carbocycles. The maximum atomic E-state index is 6.43. The Balaban J connectivity index is 1.23. The minimum atomic E-state index is 0.885. The summed E-state index contributed by atoms with van der Waals surface area (Å²) < 4.78 is 8.97. The number of thiophene rings is 1. The molecule has 0 amide bonds. The molecule has 0 aliphatic carbocycles.